The molecule has 8 nitrogen and oxygen atoms in total. The normalized spacial score (nSPS) is 21.1. The number of carboxylic acids is 2. The van der Waals surface area contributed by atoms with Crippen molar-refractivity contribution >= 4 is 17.8 Å². The molecule has 3 heterocycles. The number of hydrogen-bond donors (Lipinski definition) is 2. The number of aromatic nitrogens is 1. The van der Waals surface area contributed by atoms with Crippen LogP contribution in [-0.2, 0) is 20.9 Å². The molecule has 3 rings (SSSR count). The first-order valence-electron chi connectivity index (χ1n) is 10.6. The maximum atomic E-state index is 12.9. The van der Waals surface area contributed by atoms with Gasteiger partial charge >= 0.3 is 24.3 Å². The lowest BCUT2D eigenvalue weighted by Gasteiger charge is -2.26. The number of aliphatic carboxylic acids is 2. The number of carboxylic acid groups (broad SMARTS) is 2. The zero-order chi connectivity index (χ0) is 27.0. The van der Waals surface area contributed by atoms with Gasteiger partial charge in [-0.2, -0.15) is 26.3 Å². The zero-order valence-corrected chi connectivity index (χ0v) is 19.1. The predicted octanol–water partition coefficient (Wildman–Crippen LogP) is 3.57. The van der Waals surface area contributed by atoms with Crippen LogP contribution >= 0.6 is 0 Å². The van der Waals surface area contributed by atoms with Crippen LogP contribution in [0.4, 0.5) is 26.3 Å². The second-order valence-electron chi connectivity index (χ2n) is 8.16. The molecule has 35 heavy (non-hydrogen) atoms. The Hall–Kier alpha value is -2.90. The fourth-order valence-electron chi connectivity index (χ4n) is 3.65. The van der Waals surface area contributed by atoms with Gasteiger partial charge in [-0.3, -0.25) is 14.7 Å². The summed E-state index contributed by atoms with van der Waals surface area (Å²) in [6.07, 6.45) is -5.19. The minimum atomic E-state index is -5.08. The van der Waals surface area contributed by atoms with Gasteiger partial charge in [0, 0.05) is 25.3 Å². The highest BCUT2D eigenvalue weighted by Gasteiger charge is 2.51. The molecular weight excluding hydrogens is 488 g/mol. The highest BCUT2D eigenvalue weighted by atomic mass is 19.4. The first kappa shape index (κ1) is 30.1. The molecule has 1 spiro atoms. The van der Waals surface area contributed by atoms with Gasteiger partial charge in [0.15, 0.2) is 0 Å². The molecule has 0 bridgehead atoms. The molecule has 1 aromatic heterocycles. The number of halogens is 6. The van der Waals surface area contributed by atoms with Crippen molar-refractivity contribution in [2.45, 2.75) is 58.0 Å². The third kappa shape index (κ3) is 9.00. The van der Waals surface area contributed by atoms with Gasteiger partial charge in [0.25, 0.3) is 0 Å². The lowest BCUT2D eigenvalue weighted by atomic mass is 9.85. The second-order valence-corrected chi connectivity index (χ2v) is 8.16. The van der Waals surface area contributed by atoms with E-state index in [-0.39, 0.29) is 5.41 Å². The highest BCUT2D eigenvalue weighted by molar-refractivity contribution is 5.85. The van der Waals surface area contributed by atoms with Crippen LogP contribution in [0.25, 0.3) is 0 Å². The third-order valence-corrected chi connectivity index (χ3v) is 5.76. The maximum absolute atomic E-state index is 12.9. The summed E-state index contributed by atoms with van der Waals surface area (Å²) in [5.74, 6) is -5.17. The van der Waals surface area contributed by atoms with Crippen molar-refractivity contribution in [3.05, 3.63) is 30.1 Å². The van der Waals surface area contributed by atoms with Crippen LogP contribution in [0.2, 0.25) is 0 Å². The molecule has 0 aliphatic carbocycles. The molecule has 1 amide bonds. The van der Waals surface area contributed by atoms with Crippen molar-refractivity contribution in [2.75, 3.05) is 19.6 Å². The van der Waals surface area contributed by atoms with Crippen molar-refractivity contribution in [3.63, 3.8) is 0 Å². The Kier molecular flexibility index (Phi) is 10.5. The van der Waals surface area contributed by atoms with E-state index in [0.717, 1.165) is 44.6 Å². The topological polar surface area (TPSA) is 111 Å². The number of alkyl halides is 6. The van der Waals surface area contributed by atoms with E-state index in [9.17, 15) is 31.1 Å². The number of hydrogen-bond acceptors (Lipinski definition) is 5. The summed E-state index contributed by atoms with van der Waals surface area (Å²) in [7, 11) is 0. The second kappa shape index (κ2) is 12.2. The fourth-order valence-corrected chi connectivity index (χ4v) is 3.65. The molecule has 0 radical (unpaired) electrons. The monoisotopic (exact) mass is 515 g/mol. The van der Waals surface area contributed by atoms with Crippen molar-refractivity contribution < 1.29 is 50.9 Å². The molecule has 2 unspecified atom stereocenters. The minimum absolute atomic E-state index is 0.113. The lowest BCUT2D eigenvalue weighted by molar-refractivity contribution is -0.193. The van der Waals surface area contributed by atoms with Gasteiger partial charge < -0.3 is 15.1 Å². The van der Waals surface area contributed by atoms with Gasteiger partial charge in [-0.1, -0.05) is 13.0 Å². The standard InChI is InChI=1S/C17H25N3O.2C2HF3O2/c1-3-14(2)20-11-8-17(13-20)7-10-19(16(17)21)12-15-6-4-5-9-18-15;2*3-2(4,5)1(6)7/h4-6,9,14H,3,7-8,10-13H2,1-2H3;2*(H,6,7). The van der Waals surface area contributed by atoms with Gasteiger partial charge in [0.05, 0.1) is 17.7 Å². The van der Waals surface area contributed by atoms with Crippen LogP contribution < -0.4 is 0 Å². The van der Waals surface area contributed by atoms with Gasteiger partial charge in [-0.05, 0) is 44.9 Å². The van der Waals surface area contributed by atoms with Gasteiger partial charge in [0.2, 0.25) is 5.91 Å². The number of nitrogens with zero attached hydrogens (tertiary/aromatic N) is 3. The SMILES string of the molecule is CCC(C)N1CCC2(CCN(Cc3ccccn3)C2=O)C1.O=C(O)C(F)(F)F.O=C(O)C(F)(F)F. The molecule has 2 aliphatic heterocycles. The molecule has 2 aliphatic rings. The minimum Gasteiger partial charge on any atom is -0.475 e. The average molecular weight is 515 g/mol. The highest BCUT2D eigenvalue weighted by Crippen LogP contribution is 2.41. The van der Waals surface area contributed by atoms with E-state index in [4.69, 9.17) is 19.8 Å². The molecule has 14 heteroatoms. The van der Waals surface area contributed by atoms with Crippen molar-refractivity contribution in [1.82, 2.24) is 14.8 Å². The van der Waals surface area contributed by atoms with E-state index in [1.807, 2.05) is 23.1 Å². The van der Waals surface area contributed by atoms with Gasteiger partial charge in [0.1, 0.15) is 0 Å². The van der Waals surface area contributed by atoms with Crippen LogP contribution in [0.1, 0.15) is 38.8 Å². The number of amides is 1. The molecule has 2 atom stereocenters. The molecule has 2 N–H and O–H groups in total. The third-order valence-electron chi connectivity index (χ3n) is 5.76. The van der Waals surface area contributed by atoms with E-state index in [0.29, 0.717) is 18.5 Å². The summed E-state index contributed by atoms with van der Waals surface area (Å²) < 4.78 is 63.5. The van der Waals surface area contributed by atoms with Crippen molar-refractivity contribution in [1.29, 1.82) is 0 Å². The molecule has 0 saturated carbocycles. The fraction of sp³-hybridized carbons (Fsp3) is 0.619. The number of carbonyl (C=O) groups excluding carboxylic acids is 1. The van der Waals surface area contributed by atoms with E-state index in [1.54, 1.807) is 6.20 Å². The molecule has 2 fully saturated rings. The Labute approximate surface area is 197 Å². The summed E-state index contributed by atoms with van der Waals surface area (Å²) >= 11 is 0. The Bertz CT molecular complexity index is 841. The molecule has 198 valence electrons. The average Bonchev–Trinajstić information content (AvgIpc) is 3.33. The Morgan fingerprint density at radius 1 is 1.06 bits per heavy atom. The van der Waals surface area contributed by atoms with Crippen LogP contribution in [-0.4, -0.2) is 80.9 Å². The summed E-state index contributed by atoms with van der Waals surface area (Å²) in [4.78, 5) is 39.5. The van der Waals surface area contributed by atoms with Crippen LogP contribution in [0, 0.1) is 5.41 Å². The smallest absolute Gasteiger partial charge is 0.475 e. The van der Waals surface area contributed by atoms with Crippen LogP contribution in [0.3, 0.4) is 0 Å². The summed E-state index contributed by atoms with van der Waals surface area (Å²) in [6, 6.07) is 6.48. The zero-order valence-electron chi connectivity index (χ0n) is 19.1. The van der Waals surface area contributed by atoms with E-state index in [1.165, 1.54) is 0 Å². The maximum Gasteiger partial charge on any atom is 0.490 e. The molecule has 2 saturated heterocycles. The number of likely N-dealkylation sites (tertiary alicyclic amines) is 2. The first-order chi connectivity index (χ1) is 16.0. The van der Waals surface area contributed by atoms with E-state index in [2.05, 4.69) is 23.7 Å². The van der Waals surface area contributed by atoms with Crippen LogP contribution in [0.5, 0.6) is 0 Å². The molecule has 0 aromatic carbocycles. The van der Waals surface area contributed by atoms with E-state index >= 15 is 0 Å². The number of carbonyl (C=O) groups is 3. The summed E-state index contributed by atoms with van der Waals surface area (Å²) in [5, 5.41) is 14.2. The Balaban J connectivity index is 0.000000362. The summed E-state index contributed by atoms with van der Waals surface area (Å²) in [6.45, 7) is 8.04. The van der Waals surface area contributed by atoms with Crippen molar-refractivity contribution in [3.8, 4) is 0 Å². The Morgan fingerprint density at radius 3 is 2.00 bits per heavy atom. The Morgan fingerprint density at radius 2 is 1.57 bits per heavy atom. The summed E-state index contributed by atoms with van der Waals surface area (Å²) in [5.41, 5.74) is 0.873. The van der Waals surface area contributed by atoms with E-state index < -0.39 is 24.3 Å². The quantitative estimate of drug-likeness (QED) is 0.590. The first-order valence-corrected chi connectivity index (χ1v) is 10.6. The molecular formula is C21H27F6N3O5. The number of rotatable bonds is 4. The van der Waals surface area contributed by atoms with Crippen molar-refractivity contribution in [2.24, 2.45) is 5.41 Å². The van der Waals surface area contributed by atoms with Crippen LogP contribution in [0.15, 0.2) is 24.4 Å². The molecule has 1 aromatic rings. The van der Waals surface area contributed by atoms with Gasteiger partial charge in [-0.15, -0.1) is 0 Å². The largest absolute Gasteiger partial charge is 0.490 e. The van der Waals surface area contributed by atoms with Gasteiger partial charge in [-0.25, -0.2) is 9.59 Å². The predicted molar refractivity (Wildman–Crippen MR) is 110 cm³/mol. The lowest BCUT2D eigenvalue weighted by Crippen LogP contribution is -2.38. The number of pyridine rings is 1.